The van der Waals surface area contributed by atoms with E-state index in [1.54, 1.807) is 26.0 Å². The Balaban J connectivity index is 2.99. The molecule has 19 heavy (non-hydrogen) atoms. The van der Waals surface area contributed by atoms with E-state index in [-0.39, 0.29) is 11.5 Å². The number of nitrogens with one attached hydrogen (secondary N) is 1. The lowest BCUT2D eigenvalue weighted by atomic mass is 10.2. The number of carbonyl (C=O) groups is 1. The van der Waals surface area contributed by atoms with Crippen LogP contribution in [0.1, 0.15) is 19.4 Å². The number of nitrogen functional groups attached to an aromatic ring is 1. The van der Waals surface area contributed by atoms with E-state index in [4.69, 9.17) is 10.5 Å². The van der Waals surface area contributed by atoms with E-state index in [0.29, 0.717) is 11.3 Å². The van der Waals surface area contributed by atoms with Crippen molar-refractivity contribution in [2.75, 3.05) is 12.3 Å². The lowest BCUT2D eigenvalue weighted by molar-refractivity contribution is -0.144. The van der Waals surface area contributed by atoms with Crippen LogP contribution >= 0.6 is 0 Å². The first kappa shape index (κ1) is 15.5. The van der Waals surface area contributed by atoms with Crippen LogP contribution in [0.4, 0.5) is 5.69 Å². The second-order valence-electron chi connectivity index (χ2n) is 4.07. The van der Waals surface area contributed by atoms with Gasteiger partial charge in [0.25, 0.3) is 0 Å². The van der Waals surface area contributed by atoms with Gasteiger partial charge in [-0.25, -0.2) is 8.42 Å². The Labute approximate surface area is 113 Å². The zero-order valence-corrected chi connectivity index (χ0v) is 12.0. The van der Waals surface area contributed by atoms with Gasteiger partial charge in [0.15, 0.2) is 0 Å². The summed E-state index contributed by atoms with van der Waals surface area (Å²) >= 11 is 0. The molecule has 0 bridgehead atoms. The molecule has 0 amide bonds. The molecule has 106 valence electrons. The molecule has 0 saturated carbocycles. The van der Waals surface area contributed by atoms with E-state index < -0.39 is 22.0 Å². The minimum Gasteiger partial charge on any atom is -0.465 e. The predicted octanol–water partition coefficient (Wildman–Crippen LogP) is 0.807. The zero-order chi connectivity index (χ0) is 14.6. The van der Waals surface area contributed by atoms with Gasteiger partial charge in [-0.15, -0.1) is 0 Å². The SMILES string of the molecule is CCOC(=O)C(C)NS(=O)(=O)c1cccc(N)c1C. The van der Waals surface area contributed by atoms with Gasteiger partial charge in [0.05, 0.1) is 11.5 Å². The smallest absolute Gasteiger partial charge is 0.323 e. The van der Waals surface area contributed by atoms with Crippen LogP contribution in [0.3, 0.4) is 0 Å². The molecule has 0 fully saturated rings. The molecule has 1 unspecified atom stereocenters. The standard InChI is InChI=1S/C12H18N2O4S/c1-4-18-12(15)9(3)14-19(16,17)11-7-5-6-10(13)8(11)2/h5-7,9,14H,4,13H2,1-3H3. The fourth-order valence-corrected chi connectivity index (χ4v) is 3.00. The number of nitrogens with two attached hydrogens (primary N) is 1. The summed E-state index contributed by atoms with van der Waals surface area (Å²) in [7, 11) is -3.81. The Morgan fingerprint density at radius 1 is 1.47 bits per heavy atom. The van der Waals surface area contributed by atoms with Gasteiger partial charge in [-0.1, -0.05) is 6.07 Å². The zero-order valence-electron chi connectivity index (χ0n) is 11.1. The monoisotopic (exact) mass is 286 g/mol. The molecule has 0 aromatic heterocycles. The molecule has 1 aromatic rings. The van der Waals surface area contributed by atoms with Crippen molar-refractivity contribution in [1.29, 1.82) is 0 Å². The lowest BCUT2D eigenvalue weighted by Gasteiger charge is -2.15. The molecule has 0 heterocycles. The van der Waals surface area contributed by atoms with Gasteiger partial charge in [0, 0.05) is 5.69 Å². The highest BCUT2D eigenvalue weighted by atomic mass is 32.2. The van der Waals surface area contributed by atoms with Gasteiger partial charge >= 0.3 is 5.97 Å². The van der Waals surface area contributed by atoms with E-state index in [2.05, 4.69) is 4.72 Å². The minimum atomic E-state index is -3.81. The van der Waals surface area contributed by atoms with Crippen molar-refractivity contribution in [1.82, 2.24) is 4.72 Å². The topological polar surface area (TPSA) is 98.5 Å². The highest BCUT2D eigenvalue weighted by Crippen LogP contribution is 2.20. The van der Waals surface area contributed by atoms with Crippen molar-refractivity contribution < 1.29 is 17.9 Å². The highest BCUT2D eigenvalue weighted by Gasteiger charge is 2.24. The summed E-state index contributed by atoms with van der Waals surface area (Å²) in [5.41, 5.74) is 6.50. The molecular weight excluding hydrogens is 268 g/mol. The number of esters is 1. The minimum absolute atomic E-state index is 0.0589. The van der Waals surface area contributed by atoms with Crippen LogP contribution in [-0.2, 0) is 19.6 Å². The summed E-state index contributed by atoms with van der Waals surface area (Å²) in [5, 5.41) is 0. The fourth-order valence-electron chi connectivity index (χ4n) is 1.53. The Kier molecular flexibility index (Phi) is 4.90. The normalized spacial score (nSPS) is 13.0. The van der Waals surface area contributed by atoms with Gasteiger partial charge in [0.2, 0.25) is 10.0 Å². The average Bonchev–Trinajstić information content (AvgIpc) is 2.32. The van der Waals surface area contributed by atoms with Crippen LogP contribution in [-0.4, -0.2) is 27.0 Å². The molecule has 0 aliphatic rings. The number of rotatable bonds is 5. The Bertz CT molecular complexity index is 569. The summed E-state index contributed by atoms with van der Waals surface area (Å²) in [5.74, 6) is -0.618. The van der Waals surface area contributed by atoms with Crippen LogP contribution in [0.15, 0.2) is 23.1 Å². The van der Waals surface area contributed by atoms with Crippen LogP contribution < -0.4 is 10.5 Å². The third kappa shape index (κ3) is 3.68. The van der Waals surface area contributed by atoms with E-state index in [1.165, 1.54) is 13.0 Å². The molecule has 0 aliphatic carbocycles. The van der Waals surface area contributed by atoms with Crippen molar-refractivity contribution in [3.63, 3.8) is 0 Å². The van der Waals surface area contributed by atoms with E-state index in [0.717, 1.165) is 0 Å². The largest absolute Gasteiger partial charge is 0.465 e. The summed E-state index contributed by atoms with van der Waals surface area (Å²) < 4.78 is 31.3. The Hall–Kier alpha value is -1.60. The number of sulfonamides is 1. The molecule has 0 saturated heterocycles. The maximum atomic E-state index is 12.1. The first-order chi connectivity index (χ1) is 8.79. The number of hydrogen-bond donors (Lipinski definition) is 2. The summed E-state index contributed by atoms with van der Waals surface area (Å²) in [6.45, 7) is 4.89. The number of benzene rings is 1. The number of anilines is 1. The Morgan fingerprint density at radius 2 is 2.11 bits per heavy atom. The highest BCUT2D eigenvalue weighted by molar-refractivity contribution is 7.89. The van der Waals surface area contributed by atoms with Gasteiger partial charge in [-0.05, 0) is 38.5 Å². The van der Waals surface area contributed by atoms with Crippen molar-refractivity contribution in [2.45, 2.75) is 31.7 Å². The quantitative estimate of drug-likeness (QED) is 0.616. The fraction of sp³-hybridized carbons (Fsp3) is 0.417. The first-order valence-electron chi connectivity index (χ1n) is 5.83. The van der Waals surface area contributed by atoms with Crippen molar-refractivity contribution in [3.05, 3.63) is 23.8 Å². The van der Waals surface area contributed by atoms with Gasteiger partial charge < -0.3 is 10.5 Å². The summed E-state index contributed by atoms with van der Waals surface area (Å²) in [6, 6.07) is 3.65. The van der Waals surface area contributed by atoms with Crippen LogP contribution in [0.2, 0.25) is 0 Å². The second-order valence-corrected chi connectivity index (χ2v) is 5.75. The number of carbonyl (C=O) groups excluding carboxylic acids is 1. The molecule has 7 heteroatoms. The average molecular weight is 286 g/mol. The van der Waals surface area contributed by atoms with Gasteiger partial charge in [-0.2, -0.15) is 4.72 Å². The van der Waals surface area contributed by atoms with Crippen LogP contribution in [0, 0.1) is 6.92 Å². The molecule has 1 rings (SSSR count). The molecule has 0 radical (unpaired) electrons. The van der Waals surface area contributed by atoms with E-state index >= 15 is 0 Å². The number of ether oxygens (including phenoxy) is 1. The third-order valence-electron chi connectivity index (χ3n) is 2.59. The van der Waals surface area contributed by atoms with Gasteiger partial charge in [-0.3, -0.25) is 4.79 Å². The van der Waals surface area contributed by atoms with Crippen molar-refractivity contribution in [3.8, 4) is 0 Å². The van der Waals surface area contributed by atoms with E-state index in [1.807, 2.05) is 0 Å². The molecule has 1 atom stereocenters. The number of hydrogen-bond acceptors (Lipinski definition) is 5. The molecule has 6 nitrogen and oxygen atoms in total. The maximum Gasteiger partial charge on any atom is 0.323 e. The van der Waals surface area contributed by atoms with Crippen LogP contribution in [0.5, 0.6) is 0 Å². The van der Waals surface area contributed by atoms with Crippen molar-refractivity contribution in [2.24, 2.45) is 0 Å². The summed E-state index contributed by atoms with van der Waals surface area (Å²) in [4.78, 5) is 11.5. The summed E-state index contributed by atoms with van der Waals surface area (Å²) in [6.07, 6.45) is 0. The van der Waals surface area contributed by atoms with Gasteiger partial charge in [0.1, 0.15) is 6.04 Å². The maximum absolute atomic E-state index is 12.1. The second kappa shape index (κ2) is 6.03. The van der Waals surface area contributed by atoms with E-state index in [9.17, 15) is 13.2 Å². The van der Waals surface area contributed by atoms with Crippen LogP contribution in [0.25, 0.3) is 0 Å². The molecule has 3 N–H and O–H groups in total. The predicted molar refractivity (Wildman–Crippen MR) is 72.0 cm³/mol. The first-order valence-corrected chi connectivity index (χ1v) is 7.32. The Morgan fingerprint density at radius 3 is 2.68 bits per heavy atom. The molecular formula is C12H18N2O4S. The molecule has 1 aromatic carbocycles. The van der Waals surface area contributed by atoms with Crippen molar-refractivity contribution >= 4 is 21.7 Å². The molecule has 0 aliphatic heterocycles. The third-order valence-corrected chi connectivity index (χ3v) is 4.27. The lowest BCUT2D eigenvalue weighted by Crippen LogP contribution is -2.39. The molecule has 0 spiro atoms.